The summed E-state index contributed by atoms with van der Waals surface area (Å²) >= 11 is 0. The van der Waals surface area contributed by atoms with Crippen LogP contribution in [0, 0.1) is 0 Å². The summed E-state index contributed by atoms with van der Waals surface area (Å²) in [7, 11) is 0. The van der Waals surface area contributed by atoms with Crippen molar-refractivity contribution in [1.82, 2.24) is 5.32 Å². The second-order valence-corrected chi connectivity index (χ2v) is 3.56. The lowest BCUT2D eigenvalue weighted by molar-refractivity contribution is 0.453. The first kappa shape index (κ1) is 10.3. The summed E-state index contributed by atoms with van der Waals surface area (Å²) in [5.74, 6) is 0. The maximum absolute atomic E-state index is 3.65. The van der Waals surface area contributed by atoms with Gasteiger partial charge in [-0.3, -0.25) is 0 Å². The van der Waals surface area contributed by atoms with Gasteiger partial charge in [-0.05, 0) is 26.2 Å². The standard InChI is InChI=1S/C12H19N/c1-3-4-8-11(2)13-12-9-6-5-7-10-12/h3-6,8,11-13H,1,7,9-10H2,2H3/b8-4-. The topological polar surface area (TPSA) is 12.0 Å². The third-order valence-corrected chi connectivity index (χ3v) is 2.30. The van der Waals surface area contributed by atoms with Gasteiger partial charge in [0.05, 0.1) is 0 Å². The van der Waals surface area contributed by atoms with Gasteiger partial charge in [-0.25, -0.2) is 0 Å². The van der Waals surface area contributed by atoms with Crippen LogP contribution in [0.15, 0.2) is 37.0 Å². The quantitative estimate of drug-likeness (QED) is 0.514. The van der Waals surface area contributed by atoms with E-state index in [2.05, 4.69) is 37.0 Å². The predicted octanol–water partition coefficient (Wildman–Crippen LogP) is 2.82. The Morgan fingerprint density at radius 1 is 1.54 bits per heavy atom. The maximum atomic E-state index is 3.65. The number of rotatable bonds is 4. The van der Waals surface area contributed by atoms with Crippen molar-refractivity contribution in [3.05, 3.63) is 37.0 Å². The molecule has 1 heteroatoms. The van der Waals surface area contributed by atoms with Crippen LogP contribution in [0.3, 0.4) is 0 Å². The molecule has 1 aliphatic rings. The van der Waals surface area contributed by atoms with Crippen LogP contribution in [0.25, 0.3) is 0 Å². The molecule has 2 unspecified atom stereocenters. The minimum atomic E-state index is 0.453. The van der Waals surface area contributed by atoms with E-state index >= 15 is 0 Å². The number of hydrogen-bond donors (Lipinski definition) is 1. The summed E-state index contributed by atoms with van der Waals surface area (Å²) in [4.78, 5) is 0. The summed E-state index contributed by atoms with van der Waals surface area (Å²) in [6.45, 7) is 5.83. The average molecular weight is 177 g/mol. The van der Waals surface area contributed by atoms with Crippen LogP contribution in [0.5, 0.6) is 0 Å². The monoisotopic (exact) mass is 177 g/mol. The molecule has 0 fully saturated rings. The Hall–Kier alpha value is -0.820. The van der Waals surface area contributed by atoms with E-state index in [4.69, 9.17) is 0 Å². The normalized spacial score (nSPS) is 24.8. The molecule has 2 atom stereocenters. The third kappa shape index (κ3) is 4.09. The molecular formula is C12H19N. The Morgan fingerprint density at radius 3 is 3.00 bits per heavy atom. The van der Waals surface area contributed by atoms with Gasteiger partial charge in [-0.15, -0.1) is 0 Å². The highest BCUT2D eigenvalue weighted by atomic mass is 14.9. The van der Waals surface area contributed by atoms with Crippen LogP contribution >= 0.6 is 0 Å². The Balaban J connectivity index is 2.26. The van der Waals surface area contributed by atoms with Gasteiger partial charge in [0.25, 0.3) is 0 Å². The van der Waals surface area contributed by atoms with Crippen LogP contribution in [-0.2, 0) is 0 Å². The molecule has 0 heterocycles. The highest BCUT2D eigenvalue weighted by Gasteiger charge is 2.10. The molecule has 0 spiro atoms. The molecule has 1 N–H and O–H groups in total. The van der Waals surface area contributed by atoms with Crippen molar-refractivity contribution in [2.75, 3.05) is 0 Å². The first-order chi connectivity index (χ1) is 6.33. The summed E-state index contributed by atoms with van der Waals surface area (Å²) in [5, 5.41) is 3.57. The van der Waals surface area contributed by atoms with Crippen LogP contribution in [0.2, 0.25) is 0 Å². The van der Waals surface area contributed by atoms with E-state index in [1.807, 2.05) is 12.2 Å². The zero-order valence-electron chi connectivity index (χ0n) is 8.37. The molecule has 0 saturated heterocycles. The van der Waals surface area contributed by atoms with E-state index in [1.54, 1.807) is 0 Å². The van der Waals surface area contributed by atoms with Gasteiger partial charge in [0.1, 0.15) is 0 Å². The SMILES string of the molecule is C=C/C=C\C(C)NC1CC=CCC1. The van der Waals surface area contributed by atoms with Crippen molar-refractivity contribution in [1.29, 1.82) is 0 Å². The van der Waals surface area contributed by atoms with E-state index in [0.717, 1.165) is 0 Å². The molecule has 72 valence electrons. The van der Waals surface area contributed by atoms with Gasteiger partial charge in [0.15, 0.2) is 0 Å². The Kier molecular flexibility index (Phi) is 4.55. The number of allylic oxidation sites excluding steroid dienone is 3. The van der Waals surface area contributed by atoms with Crippen molar-refractivity contribution in [3.8, 4) is 0 Å². The molecule has 0 amide bonds. The molecule has 1 aliphatic carbocycles. The summed E-state index contributed by atoms with van der Waals surface area (Å²) in [6, 6.07) is 1.11. The van der Waals surface area contributed by atoms with Gasteiger partial charge < -0.3 is 5.32 Å². The van der Waals surface area contributed by atoms with Crippen molar-refractivity contribution in [2.24, 2.45) is 0 Å². The van der Waals surface area contributed by atoms with Crippen molar-refractivity contribution in [2.45, 2.75) is 38.3 Å². The lowest BCUT2D eigenvalue weighted by atomic mass is 10.0. The van der Waals surface area contributed by atoms with Crippen LogP contribution in [0.1, 0.15) is 26.2 Å². The van der Waals surface area contributed by atoms with E-state index < -0.39 is 0 Å². The Bertz CT molecular complexity index is 203. The van der Waals surface area contributed by atoms with Gasteiger partial charge in [-0.2, -0.15) is 0 Å². The second-order valence-electron chi connectivity index (χ2n) is 3.56. The largest absolute Gasteiger partial charge is 0.308 e. The molecule has 0 bridgehead atoms. The molecule has 1 nitrogen and oxygen atoms in total. The van der Waals surface area contributed by atoms with E-state index in [0.29, 0.717) is 12.1 Å². The zero-order chi connectivity index (χ0) is 9.52. The van der Waals surface area contributed by atoms with Gasteiger partial charge in [0, 0.05) is 12.1 Å². The molecular weight excluding hydrogens is 158 g/mol. The van der Waals surface area contributed by atoms with Crippen LogP contribution in [0.4, 0.5) is 0 Å². The summed E-state index contributed by atoms with van der Waals surface area (Å²) in [6.07, 6.45) is 14.2. The smallest absolute Gasteiger partial charge is 0.0227 e. The Morgan fingerprint density at radius 2 is 2.38 bits per heavy atom. The fourth-order valence-electron chi connectivity index (χ4n) is 1.62. The van der Waals surface area contributed by atoms with Crippen LogP contribution in [-0.4, -0.2) is 12.1 Å². The highest BCUT2D eigenvalue weighted by Crippen LogP contribution is 2.11. The lowest BCUT2D eigenvalue weighted by Gasteiger charge is -2.22. The van der Waals surface area contributed by atoms with Crippen LogP contribution < -0.4 is 5.32 Å². The van der Waals surface area contributed by atoms with Crippen molar-refractivity contribution in [3.63, 3.8) is 0 Å². The van der Waals surface area contributed by atoms with E-state index in [9.17, 15) is 0 Å². The average Bonchev–Trinajstić information content (AvgIpc) is 2.16. The predicted molar refractivity (Wildman–Crippen MR) is 58.7 cm³/mol. The zero-order valence-corrected chi connectivity index (χ0v) is 8.37. The molecule has 1 rings (SSSR count). The molecule has 0 aliphatic heterocycles. The second kappa shape index (κ2) is 5.76. The highest BCUT2D eigenvalue weighted by molar-refractivity contribution is 5.03. The summed E-state index contributed by atoms with van der Waals surface area (Å²) < 4.78 is 0. The maximum Gasteiger partial charge on any atom is 0.0227 e. The molecule has 0 aromatic rings. The fraction of sp³-hybridized carbons (Fsp3) is 0.500. The first-order valence-corrected chi connectivity index (χ1v) is 5.03. The minimum absolute atomic E-state index is 0.453. The minimum Gasteiger partial charge on any atom is -0.308 e. The van der Waals surface area contributed by atoms with Gasteiger partial charge in [0.2, 0.25) is 0 Å². The fourth-order valence-corrected chi connectivity index (χ4v) is 1.62. The summed E-state index contributed by atoms with van der Waals surface area (Å²) in [5.41, 5.74) is 0. The van der Waals surface area contributed by atoms with E-state index in [-0.39, 0.29) is 0 Å². The first-order valence-electron chi connectivity index (χ1n) is 5.03. The Labute approximate surface area is 81.2 Å². The molecule has 0 saturated carbocycles. The van der Waals surface area contributed by atoms with Gasteiger partial charge in [-0.1, -0.05) is 37.0 Å². The molecule has 0 aromatic heterocycles. The van der Waals surface area contributed by atoms with E-state index in [1.165, 1.54) is 19.3 Å². The number of nitrogens with one attached hydrogen (secondary N) is 1. The number of hydrogen-bond acceptors (Lipinski definition) is 1. The third-order valence-electron chi connectivity index (χ3n) is 2.30. The van der Waals surface area contributed by atoms with Crippen molar-refractivity contribution < 1.29 is 0 Å². The van der Waals surface area contributed by atoms with Crippen molar-refractivity contribution >= 4 is 0 Å². The van der Waals surface area contributed by atoms with Gasteiger partial charge >= 0.3 is 0 Å². The lowest BCUT2D eigenvalue weighted by Crippen LogP contribution is -2.35. The molecule has 0 aromatic carbocycles. The molecule has 13 heavy (non-hydrogen) atoms. The molecule has 0 radical (unpaired) electrons.